The van der Waals surface area contributed by atoms with Crippen LogP contribution in [0.2, 0.25) is 0 Å². The summed E-state index contributed by atoms with van der Waals surface area (Å²) >= 11 is 1.07. The van der Waals surface area contributed by atoms with Crippen LogP contribution in [0.3, 0.4) is 0 Å². The Bertz CT molecular complexity index is 1220. The summed E-state index contributed by atoms with van der Waals surface area (Å²) in [6.07, 6.45) is 6.76. The predicted molar refractivity (Wildman–Crippen MR) is 124 cm³/mol. The Labute approximate surface area is 197 Å². The van der Waals surface area contributed by atoms with Gasteiger partial charge in [0.15, 0.2) is 0 Å². The van der Waals surface area contributed by atoms with E-state index >= 15 is 0 Å². The SMILES string of the molecule is COC(=O)c1c(S(=O)(=O)NCc2ccccc2)sc2c1CCN(C(=O)[C@@H]1C[C@@H]3C=C[C@H]1C3)C2. The molecule has 0 radical (unpaired) electrons. The number of amides is 1. The van der Waals surface area contributed by atoms with Crippen molar-refractivity contribution in [3.63, 3.8) is 0 Å². The number of benzene rings is 1. The lowest BCUT2D eigenvalue weighted by Gasteiger charge is -2.31. The third-order valence-corrected chi connectivity index (χ3v) is 10.0. The van der Waals surface area contributed by atoms with Crippen LogP contribution < -0.4 is 4.72 Å². The Kier molecular flexibility index (Phi) is 5.88. The lowest BCUT2D eigenvalue weighted by molar-refractivity contribution is -0.137. The summed E-state index contributed by atoms with van der Waals surface area (Å²) in [5.74, 6) is 0.306. The first-order chi connectivity index (χ1) is 15.9. The molecule has 33 heavy (non-hydrogen) atoms. The summed E-state index contributed by atoms with van der Waals surface area (Å²) in [7, 11) is -2.69. The highest BCUT2D eigenvalue weighted by Crippen LogP contribution is 2.45. The van der Waals surface area contributed by atoms with E-state index in [4.69, 9.17) is 4.74 Å². The van der Waals surface area contributed by atoms with Gasteiger partial charge in [-0.05, 0) is 42.2 Å². The van der Waals surface area contributed by atoms with Crippen LogP contribution in [0.5, 0.6) is 0 Å². The lowest BCUT2D eigenvalue weighted by atomic mass is 9.91. The molecule has 1 fully saturated rings. The van der Waals surface area contributed by atoms with Crippen LogP contribution in [-0.4, -0.2) is 38.8 Å². The van der Waals surface area contributed by atoms with Gasteiger partial charge in [-0.1, -0.05) is 42.5 Å². The van der Waals surface area contributed by atoms with E-state index in [-0.39, 0.29) is 28.1 Å². The molecule has 1 aromatic carbocycles. The quantitative estimate of drug-likeness (QED) is 0.500. The minimum Gasteiger partial charge on any atom is -0.465 e. The van der Waals surface area contributed by atoms with Gasteiger partial charge in [-0.25, -0.2) is 17.9 Å². The number of thiophene rings is 1. The molecule has 1 aliphatic heterocycles. The van der Waals surface area contributed by atoms with Gasteiger partial charge >= 0.3 is 5.97 Å². The molecular formula is C24H26N2O5S2. The highest BCUT2D eigenvalue weighted by molar-refractivity contribution is 7.91. The number of carbonyl (C=O) groups is 2. The molecule has 3 aliphatic rings. The van der Waals surface area contributed by atoms with Crippen LogP contribution in [0.4, 0.5) is 0 Å². The Hall–Kier alpha value is -2.49. The number of nitrogens with zero attached hydrogens (tertiary/aromatic N) is 1. The van der Waals surface area contributed by atoms with Gasteiger partial charge in [-0.15, -0.1) is 11.3 Å². The molecule has 5 rings (SSSR count). The number of ether oxygens (including phenoxy) is 1. The van der Waals surface area contributed by atoms with E-state index < -0.39 is 16.0 Å². The summed E-state index contributed by atoms with van der Waals surface area (Å²) in [4.78, 5) is 28.4. The van der Waals surface area contributed by atoms with Gasteiger partial charge < -0.3 is 9.64 Å². The van der Waals surface area contributed by atoms with Crippen molar-refractivity contribution < 1.29 is 22.7 Å². The first-order valence-corrected chi connectivity index (χ1v) is 13.4. The number of esters is 1. The highest BCUT2D eigenvalue weighted by Gasteiger charge is 2.43. The van der Waals surface area contributed by atoms with E-state index in [1.54, 1.807) is 0 Å². The minimum atomic E-state index is -3.94. The van der Waals surface area contributed by atoms with Crippen LogP contribution in [0.1, 0.15) is 39.2 Å². The summed E-state index contributed by atoms with van der Waals surface area (Å²) in [6, 6.07) is 9.20. The summed E-state index contributed by atoms with van der Waals surface area (Å²) < 4.78 is 33.9. The number of sulfonamides is 1. The molecule has 174 valence electrons. The second-order valence-corrected chi connectivity index (χ2v) is 11.9. The van der Waals surface area contributed by atoms with Gasteiger partial charge in [-0.2, -0.15) is 0 Å². The van der Waals surface area contributed by atoms with Crippen LogP contribution in [0.25, 0.3) is 0 Å². The number of hydrogen-bond donors (Lipinski definition) is 1. The topological polar surface area (TPSA) is 92.8 Å². The number of carbonyl (C=O) groups excluding carboxylic acids is 2. The third kappa shape index (κ3) is 4.13. The Morgan fingerprint density at radius 3 is 2.64 bits per heavy atom. The van der Waals surface area contributed by atoms with E-state index in [1.807, 2.05) is 35.2 Å². The van der Waals surface area contributed by atoms with E-state index in [0.29, 0.717) is 36.9 Å². The molecule has 2 aliphatic carbocycles. The zero-order valence-corrected chi connectivity index (χ0v) is 20.0. The van der Waals surface area contributed by atoms with Crippen molar-refractivity contribution in [1.82, 2.24) is 9.62 Å². The molecule has 1 amide bonds. The molecule has 2 heterocycles. The monoisotopic (exact) mass is 486 g/mol. The van der Waals surface area contributed by atoms with Crippen LogP contribution in [0.15, 0.2) is 46.7 Å². The number of methoxy groups -OCH3 is 1. The highest BCUT2D eigenvalue weighted by atomic mass is 32.2. The van der Waals surface area contributed by atoms with Crippen molar-refractivity contribution >= 4 is 33.2 Å². The zero-order valence-electron chi connectivity index (χ0n) is 18.3. The Morgan fingerprint density at radius 2 is 1.97 bits per heavy atom. The fourth-order valence-electron chi connectivity index (χ4n) is 5.20. The van der Waals surface area contributed by atoms with E-state index in [0.717, 1.165) is 34.6 Å². The van der Waals surface area contributed by atoms with Gasteiger partial charge in [0.25, 0.3) is 10.0 Å². The van der Waals surface area contributed by atoms with Gasteiger partial charge in [-0.3, -0.25) is 4.79 Å². The van der Waals surface area contributed by atoms with Crippen molar-refractivity contribution in [3.8, 4) is 0 Å². The zero-order chi connectivity index (χ0) is 23.2. The number of rotatable bonds is 6. The molecule has 0 spiro atoms. The average Bonchev–Trinajstić information content (AvgIpc) is 3.56. The molecule has 2 bridgehead atoms. The molecular weight excluding hydrogens is 460 g/mol. The molecule has 0 unspecified atom stereocenters. The first-order valence-electron chi connectivity index (χ1n) is 11.1. The maximum Gasteiger partial charge on any atom is 0.340 e. The largest absolute Gasteiger partial charge is 0.465 e. The summed E-state index contributed by atoms with van der Waals surface area (Å²) in [5.41, 5.74) is 1.61. The van der Waals surface area contributed by atoms with E-state index in [2.05, 4.69) is 16.9 Å². The van der Waals surface area contributed by atoms with Crippen molar-refractivity contribution in [2.24, 2.45) is 17.8 Å². The lowest BCUT2D eigenvalue weighted by Crippen LogP contribution is -2.40. The molecule has 1 saturated carbocycles. The third-order valence-electron chi connectivity index (χ3n) is 6.88. The van der Waals surface area contributed by atoms with Gasteiger partial charge in [0.1, 0.15) is 4.21 Å². The Balaban J connectivity index is 1.40. The van der Waals surface area contributed by atoms with Gasteiger partial charge in [0.05, 0.1) is 19.2 Å². The average molecular weight is 487 g/mol. The summed E-state index contributed by atoms with van der Waals surface area (Å²) in [5, 5.41) is 0. The molecule has 7 nitrogen and oxygen atoms in total. The maximum absolute atomic E-state index is 13.2. The molecule has 1 N–H and O–H groups in total. The predicted octanol–water partition coefficient (Wildman–Crippen LogP) is 3.11. The number of fused-ring (bicyclic) bond motifs is 3. The number of hydrogen-bond acceptors (Lipinski definition) is 6. The van der Waals surface area contributed by atoms with E-state index in [1.165, 1.54) is 7.11 Å². The first kappa shape index (κ1) is 22.3. The fourth-order valence-corrected chi connectivity index (χ4v) is 8.16. The molecule has 1 aromatic heterocycles. The van der Waals surface area contributed by atoms with Crippen LogP contribution >= 0.6 is 11.3 Å². The van der Waals surface area contributed by atoms with Gasteiger partial charge in [0, 0.05) is 23.9 Å². The van der Waals surface area contributed by atoms with Crippen molar-refractivity contribution in [1.29, 1.82) is 0 Å². The standard InChI is InChI=1S/C24H26N2O5S2/c1-31-23(28)21-18-9-10-26(22(27)19-12-16-7-8-17(19)11-16)14-20(18)32-24(21)33(29,30)25-13-15-5-3-2-4-6-15/h2-8,16-17,19,25H,9-14H2,1H3/t16-,17+,19-/m1/s1. The van der Waals surface area contributed by atoms with E-state index in [9.17, 15) is 18.0 Å². The minimum absolute atomic E-state index is 0.0114. The second kappa shape index (κ2) is 8.70. The maximum atomic E-state index is 13.2. The molecule has 2 aromatic rings. The summed E-state index contributed by atoms with van der Waals surface area (Å²) in [6.45, 7) is 0.921. The van der Waals surface area contributed by atoms with Crippen molar-refractivity contribution in [2.75, 3.05) is 13.7 Å². The fraction of sp³-hybridized carbons (Fsp3) is 0.417. The number of allylic oxidation sites excluding steroid dienone is 2. The van der Waals surface area contributed by atoms with Gasteiger partial charge in [0.2, 0.25) is 5.91 Å². The second-order valence-electron chi connectivity index (χ2n) is 8.86. The van der Waals surface area contributed by atoms with Crippen LogP contribution in [0, 0.1) is 17.8 Å². The molecule has 9 heteroatoms. The molecule has 0 saturated heterocycles. The normalized spacial score (nSPS) is 23.5. The van der Waals surface area contributed by atoms with Crippen molar-refractivity contribution in [3.05, 3.63) is 64.1 Å². The molecule has 3 atom stereocenters. The Morgan fingerprint density at radius 1 is 1.18 bits per heavy atom. The number of nitrogens with one attached hydrogen (secondary N) is 1. The van der Waals surface area contributed by atoms with Crippen molar-refractivity contribution in [2.45, 2.75) is 36.6 Å². The smallest absolute Gasteiger partial charge is 0.340 e. The van der Waals surface area contributed by atoms with Crippen LogP contribution in [-0.2, 0) is 39.1 Å².